The Balaban J connectivity index is 2.72. The molecule has 0 N–H and O–H groups in total. The summed E-state index contributed by atoms with van der Waals surface area (Å²) >= 11 is 5.17. The third kappa shape index (κ3) is 2.93. The molecule has 1 heterocycles. The van der Waals surface area contributed by atoms with Gasteiger partial charge in [-0.2, -0.15) is 0 Å². The normalized spacial score (nSPS) is 24.0. The monoisotopic (exact) mass is 250 g/mol. The Bertz CT molecular complexity index is 315. The molecule has 0 amide bonds. The van der Waals surface area contributed by atoms with Crippen molar-refractivity contribution in [2.75, 3.05) is 13.9 Å². The molecule has 1 saturated heterocycles. The van der Waals surface area contributed by atoms with E-state index in [1.54, 1.807) is 0 Å². The van der Waals surface area contributed by atoms with Gasteiger partial charge in [0.05, 0.1) is 13.5 Å². The molecule has 1 fully saturated rings. The number of halogens is 1. The van der Waals surface area contributed by atoms with Crippen molar-refractivity contribution in [3.05, 3.63) is 0 Å². The molecule has 0 saturated carbocycles. The van der Waals surface area contributed by atoms with E-state index in [2.05, 4.69) is 9.47 Å². The molecular formula is C9H11ClO6. The zero-order valence-corrected chi connectivity index (χ0v) is 9.41. The lowest BCUT2D eigenvalue weighted by Crippen LogP contribution is -2.39. The number of esters is 2. The van der Waals surface area contributed by atoms with Gasteiger partial charge in [-0.05, 0) is 18.0 Å². The molecule has 16 heavy (non-hydrogen) atoms. The van der Waals surface area contributed by atoms with Crippen LogP contribution in [-0.2, 0) is 28.6 Å². The van der Waals surface area contributed by atoms with Gasteiger partial charge in [0.25, 0.3) is 0 Å². The van der Waals surface area contributed by atoms with Crippen molar-refractivity contribution < 1.29 is 28.6 Å². The zero-order valence-electron chi connectivity index (χ0n) is 8.66. The summed E-state index contributed by atoms with van der Waals surface area (Å²) in [5.41, 5.74) is -1.43. The van der Waals surface area contributed by atoms with E-state index in [1.165, 1.54) is 7.11 Å². The Labute approximate surface area is 96.8 Å². The van der Waals surface area contributed by atoms with Crippen LogP contribution in [-0.4, -0.2) is 36.7 Å². The molecule has 0 radical (unpaired) electrons. The summed E-state index contributed by atoms with van der Waals surface area (Å²) in [6.07, 6.45) is -0.358. The maximum atomic E-state index is 11.5. The Morgan fingerprint density at radius 2 is 2.25 bits per heavy atom. The van der Waals surface area contributed by atoms with E-state index in [0.29, 0.717) is 0 Å². The Kier molecular flexibility index (Phi) is 4.26. The molecule has 90 valence electrons. The molecule has 6 nitrogen and oxygen atoms in total. The number of methoxy groups -OCH3 is 1. The van der Waals surface area contributed by atoms with Crippen LogP contribution < -0.4 is 0 Å². The van der Waals surface area contributed by atoms with Crippen LogP contribution in [0.5, 0.6) is 0 Å². The van der Waals surface area contributed by atoms with E-state index in [4.69, 9.17) is 16.3 Å². The van der Waals surface area contributed by atoms with Gasteiger partial charge in [0.1, 0.15) is 0 Å². The number of hydrogen-bond acceptors (Lipinski definition) is 6. The first-order valence-electron chi connectivity index (χ1n) is 4.56. The van der Waals surface area contributed by atoms with Crippen molar-refractivity contribution in [1.82, 2.24) is 0 Å². The van der Waals surface area contributed by atoms with E-state index in [0.717, 1.165) is 0 Å². The minimum atomic E-state index is -1.43. The average molecular weight is 251 g/mol. The summed E-state index contributed by atoms with van der Waals surface area (Å²) < 4.78 is 14.2. The van der Waals surface area contributed by atoms with Gasteiger partial charge in [-0.1, -0.05) is 0 Å². The zero-order chi connectivity index (χ0) is 12.2. The molecule has 0 aromatic carbocycles. The number of carbonyl (C=O) groups is 3. The quantitative estimate of drug-likeness (QED) is 0.518. The summed E-state index contributed by atoms with van der Waals surface area (Å²) in [7, 11) is 1.20. The van der Waals surface area contributed by atoms with Crippen LogP contribution in [0.1, 0.15) is 19.3 Å². The fraction of sp³-hybridized carbons (Fsp3) is 0.667. The Morgan fingerprint density at radius 3 is 2.69 bits per heavy atom. The predicted octanol–water partition coefficient (Wildman–Crippen LogP) is 0.365. The highest BCUT2D eigenvalue weighted by Gasteiger charge is 2.48. The summed E-state index contributed by atoms with van der Waals surface area (Å²) in [6.45, 7) is -0.230. The van der Waals surface area contributed by atoms with Gasteiger partial charge in [-0.3, -0.25) is 9.59 Å². The smallest absolute Gasteiger partial charge is 0.341 e. The lowest BCUT2D eigenvalue weighted by molar-refractivity contribution is -0.155. The van der Waals surface area contributed by atoms with Crippen LogP contribution in [0, 0.1) is 0 Å². The first-order valence-corrected chi connectivity index (χ1v) is 4.94. The Morgan fingerprint density at radius 1 is 1.56 bits per heavy atom. The molecule has 0 spiro atoms. The summed E-state index contributed by atoms with van der Waals surface area (Å²) in [6, 6.07) is 0. The van der Waals surface area contributed by atoms with E-state index in [9.17, 15) is 14.4 Å². The molecule has 1 aliphatic heterocycles. The van der Waals surface area contributed by atoms with Gasteiger partial charge in [-0.25, -0.2) is 4.79 Å². The SMILES string of the molecule is COC(=O)C[C@@]1(CCC(=O)Cl)OCOC1=O. The van der Waals surface area contributed by atoms with Crippen LogP contribution >= 0.6 is 11.6 Å². The molecule has 1 aliphatic rings. The molecule has 0 aliphatic carbocycles. The highest BCUT2D eigenvalue weighted by atomic mass is 35.5. The van der Waals surface area contributed by atoms with Crippen molar-refractivity contribution in [1.29, 1.82) is 0 Å². The fourth-order valence-electron chi connectivity index (χ4n) is 1.38. The second-order valence-corrected chi connectivity index (χ2v) is 3.72. The average Bonchev–Trinajstić information content (AvgIpc) is 2.58. The van der Waals surface area contributed by atoms with Crippen LogP contribution in [0.25, 0.3) is 0 Å². The molecule has 0 aromatic rings. The molecular weight excluding hydrogens is 240 g/mol. The number of carbonyl (C=O) groups excluding carboxylic acids is 3. The molecule has 7 heteroatoms. The second kappa shape index (κ2) is 5.27. The van der Waals surface area contributed by atoms with E-state index < -0.39 is 22.8 Å². The van der Waals surface area contributed by atoms with Crippen molar-refractivity contribution in [3.8, 4) is 0 Å². The standard InChI is InChI=1S/C9H11ClO6/c1-14-7(12)4-9(3-2-6(10)11)8(13)15-5-16-9/h2-5H2,1H3/t9-/m1/s1. The third-order valence-electron chi connectivity index (χ3n) is 2.28. The van der Waals surface area contributed by atoms with Crippen LogP contribution in [0.15, 0.2) is 0 Å². The Hall–Kier alpha value is -1.14. The highest BCUT2D eigenvalue weighted by molar-refractivity contribution is 6.63. The maximum Gasteiger partial charge on any atom is 0.341 e. The number of rotatable bonds is 5. The third-order valence-corrected chi connectivity index (χ3v) is 2.47. The molecule has 0 bridgehead atoms. The van der Waals surface area contributed by atoms with Gasteiger partial charge in [0.2, 0.25) is 5.24 Å². The highest BCUT2D eigenvalue weighted by Crippen LogP contribution is 2.30. The summed E-state index contributed by atoms with van der Waals surface area (Å²) in [4.78, 5) is 33.2. The predicted molar refractivity (Wildman–Crippen MR) is 51.5 cm³/mol. The lowest BCUT2D eigenvalue weighted by atomic mass is 9.94. The molecule has 0 unspecified atom stereocenters. The lowest BCUT2D eigenvalue weighted by Gasteiger charge is -2.21. The number of cyclic esters (lactones) is 1. The van der Waals surface area contributed by atoms with E-state index in [-0.39, 0.29) is 26.1 Å². The minimum Gasteiger partial charge on any atom is -0.469 e. The first-order chi connectivity index (χ1) is 7.50. The molecule has 1 atom stereocenters. The number of ether oxygens (including phenoxy) is 3. The van der Waals surface area contributed by atoms with Gasteiger partial charge in [-0.15, -0.1) is 0 Å². The van der Waals surface area contributed by atoms with Gasteiger partial charge >= 0.3 is 11.9 Å². The van der Waals surface area contributed by atoms with E-state index in [1.807, 2.05) is 0 Å². The van der Waals surface area contributed by atoms with Gasteiger partial charge < -0.3 is 14.2 Å². The topological polar surface area (TPSA) is 78.9 Å². The summed E-state index contributed by atoms with van der Waals surface area (Å²) in [5, 5.41) is -0.604. The molecule has 1 rings (SSSR count). The maximum absolute atomic E-state index is 11.5. The van der Waals surface area contributed by atoms with E-state index >= 15 is 0 Å². The second-order valence-electron chi connectivity index (χ2n) is 3.30. The van der Waals surface area contributed by atoms with Gasteiger partial charge in [0.15, 0.2) is 12.4 Å². The first kappa shape index (κ1) is 12.9. The van der Waals surface area contributed by atoms with Crippen molar-refractivity contribution in [3.63, 3.8) is 0 Å². The van der Waals surface area contributed by atoms with Crippen LogP contribution in [0.4, 0.5) is 0 Å². The number of hydrogen-bond donors (Lipinski definition) is 0. The fourth-order valence-corrected chi connectivity index (χ4v) is 1.47. The van der Waals surface area contributed by atoms with Crippen LogP contribution in [0.3, 0.4) is 0 Å². The molecule has 0 aromatic heterocycles. The largest absolute Gasteiger partial charge is 0.469 e. The minimum absolute atomic E-state index is 0.00324. The van der Waals surface area contributed by atoms with Crippen molar-refractivity contribution >= 4 is 28.8 Å². The van der Waals surface area contributed by atoms with Gasteiger partial charge in [0, 0.05) is 6.42 Å². The summed E-state index contributed by atoms with van der Waals surface area (Å²) in [5.74, 6) is -1.28. The van der Waals surface area contributed by atoms with Crippen LogP contribution in [0.2, 0.25) is 0 Å². The van der Waals surface area contributed by atoms with Crippen molar-refractivity contribution in [2.45, 2.75) is 24.9 Å². The van der Waals surface area contributed by atoms with Crippen molar-refractivity contribution in [2.24, 2.45) is 0 Å².